The monoisotopic (exact) mass is 266 g/mol. The Labute approximate surface area is 108 Å². The van der Waals surface area contributed by atoms with E-state index in [2.05, 4.69) is 0 Å². The molecule has 0 unspecified atom stereocenters. The summed E-state index contributed by atoms with van der Waals surface area (Å²) in [5.41, 5.74) is 0.152. The number of halogens is 1. The molecule has 0 aliphatic rings. The van der Waals surface area contributed by atoms with E-state index in [0.717, 1.165) is 0 Å². The number of carboxylic acid groups (broad SMARTS) is 1. The number of furan rings is 1. The Morgan fingerprint density at radius 2 is 2.17 bits per heavy atom. The fourth-order valence-electron chi connectivity index (χ4n) is 1.54. The molecule has 2 rings (SSSR count). The van der Waals surface area contributed by atoms with Crippen molar-refractivity contribution in [2.45, 2.75) is 17.6 Å². The molecule has 0 saturated heterocycles. The van der Waals surface area contributed by atoms with Crippen LogP contribution in [-0.4, -0.2) is 11.1 Å². The Morgan fingerprint density at radius 1 is 1.44 bits per heavy atom. The van der Waals surface area contributed by atoms with Crippen LogP contribution in [0.1, 0.15) is 21.9 Å². The Kier molecular flexibility index (Phi) is 3.72. The van der Waals surface area contributed by atoms with E-state index in [-0.39, 0.29) is 11.4 Å². The summed E-state index contributed by atoms with van der Waals surface area (Å²) in [5, 5.41) is 8.88. The van der Waals surface area contributed by atoms with Crippen molar-refractivity contribution >= 4 is 17.7 Å². The first-order valence-electron chi connectivity index (χ1n) is 5.28. The van der Waals surface area contributed by atoms with Gasteiger partial charge in [-0.15, -0.1) is 11.8 Å². The lowest BCUT2D eigenvalue weighted by Crippen LogP contribution is -1.94. The third-order valence-corrected chi connectivity index (χ3v) is 3.48. The van der Waals surface area contributed by atoms with E-state index in [4.69, 9.17) is 9.52 Å². The lowest BCUT2D eigenvalue weighted by molar-refractivity contribution is 0.0695. The van der Waals surface area contributed by atoms with Gasteiger partial charge in [-0.1, -0.05) is 12.1 Å². The van der Waals surface area contributed by atoms with Gasteiger partial charge in [-0.2, -0.15) is 0 Å². The molecule has 1 aromatic heterocycles. The molecule has 0 saturated carbocycles. The average Bonchev–Trinajstić information content (AvgIpc) is 2.70. The summed E-state index contributed by atoms with van der Waals surface area (Å²) in [6, 6.07) is 7.91. The second-order valence-electron chi connectivity index (χ2n) is 3.71. The maximum Gasteiger partial charge on any atom is 0.339 e. The lowest BCUT2D eigenvalue weighted by atomic mass is 10.2. The number of rotatable bonds is 4. The second-order valence-corrected chi connectivity index (χ2v) is 4.72. The van der Waals surface area contributed by atoms with E-state index in [9.17, 15) is 9.18 Å². The summed E-state index contributed by atoms with van der Waals surface area (Å²) < 4.78 is 18.7. The van der Waals surface area contributed by atoms with Gasteiger partial charge in [-0.05, 0) is 25.1 Å². The number of hydrogen-bond donors (Lipinski definition) is 1. The van der Waals surface area contributed by atoms with E-state index < -0.39 is 5.97 Å². The SMILES string of the molecule is Cc1oc(CSc2ccccc2F)cc1C(=O)O. The molecule has 1 N–H and O–H groups in total. The molecule has 1 aromatic carbocycles. The van der Waals surface area contributed by atoms with Crippen molar-refractivity contribution in [3.8, 4) is 0 Å². The average molecular weight is 266 g/mol. The summed E-state index contributed by atoms with van der Waals surface area (Å²) in [7, 11) is 0. The fourth-order valence-corrected chi connectivity index (χ4v) is 2.36. The van der Waals surface area contributed by atoms with Crippen LogP contribution in [0.3, 0.4) is 0 Å². The zero-order chi connectivity index (χ0) is 13.1. The minimum Gasteiger partial charge on any atom is -0.478 e. The normalized spacial score (nSPS) is 10.6. The van der Waals surface area contributed by atoms with Crippen molar-refractivity contribution in [2.24, 2.45) is 0 Å². The van der Waals surface area contributed by atoms with Gasteiger partial charge in [0.2, 0.25) is 0 Å². The lowest BCUT2D eigenvalue weighted by Gasteiger charge is -2.00. The number of aromatic carboxylic acids is 1. The van der Waals surface area contributed by atoms with E-state index in [1.165, 1.54) is 23.9 Å². The van der Waals surface area contributed by atoms with Crippen molar-refractivity contribution in [1.29, 1.82) is 0 Å². The first-order valence-corrected chi connectivity index (χ1v) is 6.26. The summed E-state index contributed by atoms with van der Waals surface area (Å²) in [5.74, 6) is -0.0119. The van der Waals surface area contributed by atoms with Crippen molar-refractivity contribution in [3.63, 3.8) is 0 Å². The van der Waals surface area contributed by atoms with E-state index in [0.29, 0.717) is 22.2 Å². The maximum atomic E-state index is 13.4. The summed E-state index contributed by atoms with van der Waals surface area (Å²) >= 11 is 1.27. The Balaban J connectivity index is 2.09. The topological polar surface area (TPSA) is 50.4 Å². The summed E-state index contributed by atoms with van der Waals surface area (Å²) in [6.45, 7) is 1.60. The van der Waals surface area contributed by atoms with E-state index in [1.54, 1.807) is 25.1 Å². The van der Waals surface area contributed by atoms with Crippen LogP contribution in [0, 0.1) is 12.7 Å². The summed E-state index contributed by atoms with van der Waals surface area (Å²) in [4.78, 5) is 11.4. The fraction of sp³-hybridized carbons (Fsp3) is 0.154. The first kappa shape index (κ1) is 12.7. The van der Waals surface area contributed by atoms with Crippen LogP contribution in [-0.2, 0) is 5.75 Å². The minimum atomic E-state index is -1.02. The highest BCUT2D eigenvalue weighted by Crippen LogP contribution is 2.27. The van der Waals surface area contributed by atoms with Crippen molar-refractivity contribution in [2.75, 3.05) is 0 Å². The number of carbonyl (C=O) groups is 1. The van der Waals surface area contributed by atoms with Gasteiger partial charge >= 0.3 is 5.97 Å². The molecule has 18 heavy (non-hydrogen) atoms. The van der Waals surface area contributed by atoms with Gasteiger partial charge in [0, 0.05) is 4.90 Å². The van der Waals surface area contributed by atoms with Gasteiger partial charge in [0.15, 0.2) is 0 Å². The van der Waals surface area contributed by atoms with Crippen LogP contribution in [0.25, 0.3) is 0 Å². The van der Waals surface area contributed by atoms with Gasteiger partial charge in [0.05, 0.1) is 5.75 Å². The predicted octanol–water partition coefficient (Wildman–Crippen LogP) is 3.72. The highest BCUT2D eigenvalue weighted by molar-refractivity contribution is 7.98. The van der Waals surface area contributed by atoms with Crippen LogP contribution < -0.4 is 0 Å². The second kappa shape index (κ2) is 5.27. The molecular weight excluding hydrogens is 255 g/mol. The summed E-state index contributed by atoms with van der Waals surface area (Å²) in [6.07, 6.45) is 0. The van der Waals surface area contributed by atoms with Crippen LogP contribution >= 0.6 is 11.8 Å². The van der Waals surface area contributed by atoms with Gasteiger partial charge in [-0.25, -0.2) is 9.18 Å². The quantitative estimate of drug-likeness (QED) is 0.857. The predicted molar refractivity (Wildman–Crippen MR) is 66.4 cm³/mol. The van der Waals surface area contributed by atoms with Crippen molar-refractivity contribution < 1.29 is 18.7 Å². The molecule has 2 aromatic rings. The van der Waals surface area contributed by atoms with Crippen molar-refractivity contribution in [1.82, 2.24) is 0 Å². The van der Waals surface area contributed by atoms with Crippen LogP contribution in [0.5, 0.6) is 0 Å². The first-order chi connectivity index (χ1) is 8.58. The molecule has 1 heterocycles. The number of thioether (sulfide) groups is 1. The number of hydrogen-bond acceptors (Lipinski definition) is 3. The molecular formula is C13H11FO3S. The number of benzene rings is 1. The number of carboxylic acids is 1. The van der Waals surface area contributed by atoms with Crippen LogP contribution in [0.2, 0.25) is 0 Å². The maximum absolute atomic E-state index is 13.4. The minimum absolute atomic E-state index is 0.152. The molecule has 0 fully saturated rings. The van der Waals surface area contributed by atoms with Gasteiger partial charge in [0.1, 0.15) is 22.9 Å². The van der Waals surface area contributed by atoms with Gasteiger partial charge < -0.3 is 9.52 Å². The van der Waals surface area contributed by atoms with E-state index >= 15 is 0 Å². The van der Waals surface area contributed by atoms with Gasteiger partial charge in [-0.3, -0.25) is 0 Å². The molecule has 94 valence electrons. The molecule has 0 atom stereocenters. The Morgan fingerprint density at radius 3 is 2.78 bits per heavy atom. The molecule has 5 heteroatoms. The van der Waals surface area contributed by atoms with Crippen molar-refractivity contribution in [3.05, 3.63) is 53.2 Å². The Bertz CT molecular complexity index is 577. The zero-order valence-corrected chi connectivity index (χ0v) is 10.5. The Hall–Kier alpha value is -1.75. The molecule has 0 radical (unpaired) electrons. The van der Waals surface area contributed by atoms with Crippen LogP contribution in [0.15, 0.2) is 39.6 Å². The smallest absolute Gasteiger partial charge is 0.339 e. The van der Waals surface area contributed by atoms with Gasteiger partial charge in [0.25, 0.3) is 0 Å². The molecule has 3 nitrogen and oxygen atoms in total. The molecule has 0 aliphatic carbocycles. The standard InChI is InChI=1S/C13H11FO3S/c1-8-10(13(15)16)6-9(17-8)7-18-12-5-3-2-4-11(12)14/h2-6H,7H2,1H3,(H,15,16). The molecule has 0 amide bonds. The third-order valence-electron chi connectivity index (χ3n) is 2.41. The van der Waals surface area contributed by atoms with Crippen LogP contribution in [0.4, 0.5) is 4.39 Å². The zero-order valence-electron chi connectivity index (χ0n) is 9.64. The highest BCUT2D eigenvalue weighted by Gasteiger charge is 2.14. The largest absolute Gasteiger partial charge is 0.478 e. The molecule has 0 bridgehead atoms. The molecule has 0 aliphatic heterocycles. The molecule has 0 spiro atoms. The third kappa shape index (κ3) is 2.73. The highest BCUT2D eigenvalue weighted by atomic mass is 32.2. The number of aryl methyl sites for hydroxylation is 1. The van der Waals surface area contributed by atoms with E-state index in [1.807, 2.05) is 0 Å².